The quantitative estimate of drug-likeness (QED) is 0.683. The minimum atomic E-state index is -0.205. The monoisotopic (exact) mass is 339 g/mol. The van der Waals surface area contributed by atoms with E-state index in [1.165, 1.54) is 5.56 Å². The third kappa shape index (κ3) is 5.36. The second kappa shape index (κ2) is 9.25. The van der Waals surface area contributed by atoms with Crippen LogP contribution in [0.1, 0.15) is 27.9 Å². The van der Waals surface area contributed by atoms with Gasteiger partial charge >= 0.3 is 0 Å². The fraction of sp³-hybridized carbons (Fsp3) is 0.125. The number of aryl methyl sites for hydroxylation is 1. The van der Waals surface area contributed by atoms with Crippen molar-refractivity contribution in [1.82, 2.24) is 5.32 Å². The molecule has 3 rings (SSSR count). The molecule has 0 unspecified atom stereocenters. The Morgan fingerprint density at radius 3 is 2.04 bits per heavy atom. The lowest BCUT2D eigenvalue weighted by atomic mass is 10.0. The van der Waals surface area contributed by atoms with Gasteiger partial charge in [-0.1, -0.05) is 78.6 Å². The highest BCUT2D eigenvalue weighted by Crippen LogP contribution is 2.07. The van der Waals surface area contributed by atoms with E-state index in [4.69, 9.17) is 0 Å². The lowest BCUT2D eigenvalue weighted by Crippen LogP contribution is -2.34. The van der Waals surface area contributed by atoms with Gasteiger partial charge in [0.05, 0.1) is 6.04 Å². The highest BCUT2D eigenvalue weighted by molar-refractivity contribution is 5.94. The Balaban J connectivity index is 1.72. The standard InChI is InChI=1S/C24H21NO/c26-24(22-14-8-3-9-15-22)25-23(18-16-20-10-4-1-5-11-20)19-17-21-12-6-2-7-13-21/h1-15,23H,16,18H2,(H,25,26)/t23-/m1/s1. The molecular formula is C24H21NO. The summed E-state index contributed by atoms with van der Waals surface area (Å²) in [5, 5.41) is 3.06. The van der Waals surface area contributed by atoms with Gasteiger partial charge in [0, 0.05) is 11.1 Å². The van der Waals surface area contributed by atoms with Crippen molar-refractivity contribution in [2.75, 3.05) is 0 Å². The highest BCUT2D eigenvalue weighted by Gasteiger charge is 2.11. The van der Waals surface area contributed by atoms with Gasteiger partial charge in [0.1, 0.15) is 0 Å². The molecule has 0 saturated heterocycles. The Hall–Kier alpha value is -3.31. The molecule has 1 amide bonds. The van der Waals surface area contributed by atoms with E-state index in [0.29, 0.717) is 5.56 Å². The van der Waals surface area contributed by atoms with Crippen molar-refractivity contribution in [1.29, 1.82) is 0 Å². The van der Waals surface area contributed by atoms with E-state index in [-0.39, 0.29) is 11.9 Å². The van der Waals surface area contributed by atoms with Gasteiger partial charge < -0.3 is 5.32 Å². The predicted molar refractivity (Wildman–Crippen MR) is 106 cm³/mol. The number of rotatable bonds is 5. The molecule has 0 aliphatic rings. The number of hydrogen-bond donors (Lipinski definition) is 1. The van der Waals surface area contributed by atoms with Crippen molar-refractivity contribution in [2.24, 2.45) is 0 Å². The van der Waals surface area contributed by atoms with Crippen molar-refractivity contribution in [3.8, 4) is 11.8 Å². The van der Waals surface area contributed by atoms with Gasteiger partial charge in [0.2, 0.25) is 0 Å². The minimum Gasteiger partial charge on any atom is -0.338 e. The molecular weight excluding hydrogens is 318 g/mol. The minimum absolute atomic E-state index is 0.0916. The van der Waals surface area contributed by atoms with E-state index < -0.39 is 0 Å². The molecule has 26 heavy (non-hydrogen) atoms. The first-order valence-corrected chi connectivity index (χ1v) is 8.78. The second-order valence-electron chi connectivity index (χ2n) is 6.05. The van der Waals surface area contributed by atoms with Crippen LogP contribution >= 0.6 is 0 Å². The summed E-state index contributed by atoms with van der Waals surface area (Å²) in [6, 6.07) is 29.2. The van der Waals surface area contributed by atoms with Crippen LogP contribution in [0, 0.1) is 11.8 Å². The normalized spacial score (nSPS) is 11.1. The molecule has 0 bridgehead atoms. The molecule has 0 aliphatic heterocycles. The van der Waals surface area contributed by atoms with E-state index in [2.05, 4.69) is 29.3 Å². The molecule has 1 N–H and O–H groups in total. The maximum Gasteiger partial charge on any atom is 0.252 e. The van der Waals surface area contributed by atoms with Gasteiger partial charge in [0.25, 0.3) is 5.91 Å². The topological polar surface area (TPSA) is 29.1 Å². The Morgan fingerprint density at radius 1 is 0.808 bits per heavy atom. The van der Waals surface area contributed by atoms with Crippen LogP contribution in [0.5, 0.6) is 0 Å². The van der Waals surface area contributed by atoms with E-state index in [9.17, 15) is 4.79 Å². The third-order valence-corrected chi connectivity index (χ3v) is 4.07. The zero-order chi connectivity index (χ0) is 18.0. The maximum atomic E-state index is 12.5. The van der Waals surface area contributed by atoms with Crippen LogP contribution in [-0.2, 0) is 6.42 Å². The van der Waals surface area contributed by atoms with Crippen LogP contribution in [0.2, 0.25) is 0 Å². The Morgan fingerprint density at radius 2 is 1.38 bits per heavy atom. The molecule has 0 aromatic heterocycles. The van der Waals surface area contributed by atoms with E-state index in [1.54, 1.807) is 0 Å². The molecule has 2 heteroatoms. The van der Waals surface area contributed by atoms with Gasteiger partial charge in [-0.25, -0.2) is 0 Å². The summed E-state index contributed by atoms with van der Waals surface area (Å²) < 4.78 is 0. The number of benzene rings is 3. The van der Waals surface area contributed by atoms with Crippen LogP contribution in [0.15, 0.2) is 91.0 Å². The molecule has 0 radical (unpaired) electrons. The van der Waals surface area contributed by atoms with Crippen LogP contribution < -0.4 is 5.32 Å². The van der Waals surface area contributed by atoms with Gasteiger partial charge in [0.15, 0.2) is 0 Å². The lowest BCUT2D eigenvalue weighted by molar-refractivity contribution is 0.0944. The number of carbonyl (C=O) groups excluding carboxylic acids is 1. The largest absolute Gasteiger partial charge is 0.338 e. The molecule has 0 spiro atoms. The Kier molecular flexibility index (Phi) is 6.23. The average Bonchev–Trinajstić information content (AvgIpc) is 2.72. The summed E-state index contributed by atoms with van der Waals surface area (Å²) in [7, 11) is 0. The summed E-state index contributed by atoms with van der Waals surface area (Å²) in [4.78, 5) is 12.5. The summed E-state index contributed by atoms with van der Waals surface area (Å²) in [6.07, 6.45) is 1.63. The SMILES string of the molecule is O=C(N[C@@H](C#Cc1ccccc1)CCc1ccccc1)c1ccccc1. The van der Waals surface area contributed by atoms with Crippen molar-refractivity contribution < 1.29 is 4.79 Å². The molecule has 0 aliphatic carbocycles. The van der Waals surface area contributed by atoms with Crippen LogP contribution in [0.25, 0.3) is 0 Å². The summed E-state index contributed by atoms with van der Waals surface area (Å²) in [5.41, 5.74) is 2.85. The first-order valence-electron chi connectivity index (χ1n) is 8.78. The molecule has 3 aromatic carbocycles. The molecule has 1 atom stereocenters. The van der Waals surface area contributed by atoms with Crippen LogP contribution in [-0.4, -0.2) is 11.9 Å². The highest BCUT2D eigenvalue weighted by atomic mass is 16.1. The molecule has 0 heterocycles. The number of amides is 1. The number of nitrogens with one attached hydrogen (secondary N) is 1. The number of carbonyl (C=O) groups is 1. The molecule has 0 saturated carbocycles. The van der Waals surface area contributed by atoms with Crippen molar-refractivity contribution in [2.45, 2.75) is 18.9 Å². The fourth-order valence-corrected chi connectivity index (χ4v) is 2.66. The predicted octanol–water partition coefficient (Wildman–Crippen LogP) is 4.47. The van der Waals surface area contributed by atoms with Gasteiger partial charge in [-0.15, -0.1) is 0 Å². The lowest BCUT2D eigenvalue weighted by Gasteiger charge is -2.13. The Bertz CT molecular complexity index is 877. The zero-order valence-corrected chi connectivity index (χ0v) is 14.6. The van der Waals surface area contributed by atoms with Gasteiger partial charge in [-0.2, -0.15) is 0 Å². The molecule has 3 aromatic rings. The number of hydrogen-bond acceptors (Lipinski definition) is 1. The Labute approximate surface area is 154 Å². The summed E-state index contributed by atoms with van der Waals surface area (Å²) in [6.45, 7) is 0. The van der Waals surface area contributed by atoms with Gasteiger partial charge in [-0.3, -0.25) is 4.79 Å². The van der Waals surface area contributed by atoms with Crippen LogP contribution in [0.4, 0.5) is 0 Å². The average molecular weight is 339 g/mol. The molecule has 0 fully saturated rings. The smallest absolute Gasteiger partial charge is 0.252 e. The molecule has 2 nitrogen and oxygen atoms in total. The van der Waals surface area contributed by atoms with Gasteiger partial charge in [-0.05, 0) is 42.7 Å². The first kappa shape index (κ1) is 17.5. The van der Waals surface area contributed by atoms with Crippen LogP contribution in [0.3, 0.4) is 0 Å². The molecule has 128 valence electrons. The third-order valence-electron chi connectivity index (χ3n) is 4.07. The van der Waals surface area contributed by atoms with Crippen molar-refractivity contribution >= 4 is 5.91 Å². The summed E-state index contributed by atoms with van der Waals surface area (Å²) in [5.74, 6) is 6.31. The van der Waals surface area contributed by atoms with Crippen molar-refractivity contribution in [3.63, 3.8) is 0 Å². The van der Waals surface area contributed by atoms with Crippen molar-refractivity contribution in [3.05, 3.63) is 108 Å². The maximum absolute atomic E-state index is 12.5. The zero-order valence-electron chi connectivity index (χ0n) is 14.6. The van der Waals surface area contributed by atoms with E-state index >= 15 is 0 Å². The van der Waals surface area contributed by atoms with E-state index in [0.717, 1.165) is 18.4 Å². The second-order valence-corrected chi connectivity index (χ2v) is 6.05. The van der Waals surface area contributed by atoms with E-state index in [1.807, 2.05) is 78.9 Å². The first-order chi connectivity index (χ1) is 12.8. The summed E-state index contributed by atoms with van der Waals surface area (Å²) >= 11 is 0. The fourth-order valence-electron chi connectivity index (χ4n) is 2.66.